The van der Waals surface area contributed by atoms with Crippen molar-refractivity contribution in [2.24, 2.45) is 5.41 Å². The number of carbonyl (C=O) groups excluding carboxylic acids is 1. The molecular weight excluding hydrogens is 351 g/mol. The first-order valence-corrected chi connectivity index (χ1v) is 8.19. The number of ether oxygens (including phenoxy) is 2. The van der Waals surface area contributed by atoms with Crippen molar-refractivity contribution >= 4 is 15.9 Å². The first-order valence-electron chi connectivity index (χ1n) is 6.71. The molecule has 1 aromatic carbocycles. The van der Waals surface area contributed by atoms with Gasteiger partial charge >= 0.3 is 15.5 Å². The number of methoxy groups -OCH3 is 1. The normalized spacial score (nSPS) is 14.1. The molecule has 1 aromatic rings. The van der Waals surface area contributed by atoms with Crippen LogP contribution in [0, 0.1) is 5.41 Å². The number of benzene rings is 1. The third kappa shape index (κ3) is 5.10. The molecule has 0 aliphatic carbocycles. The van der Waals surface area contributed by atoms with E-state index < -0.39 is 27.7 Å². The lowest BCUT2D eigenvalue weighted by Gasteiger charge is -2.29. The van der Waals surface area contributed by atoms with Crippen LogP contribution < -0.4 is 9.46 Å². The molecule has 10 heteroatoms. The molecule has 1 N–H and O–H groups in total. The fourth-order valence-corrected chi connectivity index (χ4v) is 2.10. The van der Waals surface area contributed by atoms with Gasteiger partial charge in [0.15, 0.2) is 0 Å². The maximum Gasteiger partial charge on any atom is 0.516 e. The number of sulfonamides is 1. The van der Waals surface area contributed by atoms with E-state index >= 15 is 0 Å². The molecule has 1 rings (SSSR count). The minimum atomic E-state index is -5.75. The standard InChI is InChI=1S/C14H18F3NO5S/c1-13(2,3)12(22-4)23-10-7-5-9(6-8-10)11(19)18-24(20,21)14(15,16)17/h5-8,12H,1-4H3,(H,18,19). The maximum absolute atomic E-state index is 12.2. The highest BCUT2D eigenvalue weighted by atomic mass is 32.2. The second kappa shape index (κ2) is 6.98. The number of carbonyl (C=O) groups is 1. The maximum atomic E-state index is 12.2. The smallest absolute Gasteiger partial charge is 0.464 e. The van der Waals surface area contributed by atoms with Crippen LogP contribution in [0.4, 0.5) is 13.2 Å². The number of hydrogen-bond acceptors (Lipinski definition) is 5. The minimum absolute atomic E-state index is 0.264. The minimum Gasteiger partial charge on any atom is -0.464 e. The molecule has 0 fully saturated rings. The molecule has 1 atom stereocenters. The Kier molecular flexibility index (Phi) is 5.88. The van der Waals surface area contributed by atoms with Crippen molar-refractivity contribution < 1.29 is 35.9 Å². The van der Waals surface area contributed by atoms with Crippen molar-refractivity contribution in [3.63, 3.8) is 0 Å². The van der Waals surface area contributed by atoms with E-state index in [-0.39, 0.29) is 11.0 Å². The lowest BCUT2D eigenvalue weighted by atomic mass is 9.96. The summed E-state index contributed by atoms with van der Waals surface area (Å²) in [6.07, 6.45) is -0.595. The Morgan fingerprint density at radius 2 is 1.62 bits per heavy atom. The Labute approximate surface area is 138 Å². The van der Waals surface area contributed by atoms with Crippen molar-refractivity contribution in [3.05, 3.63) is 29.8 Å². The van der Waals surface area contributed by atoms with E-state index in [1.54, 1.807) is 0 Å². The monoisotopic (exact) mass is 369 g/mol. The van der Waals surface area contributed by atoms with Crippen molar-refractivity contribution in [1.29, 1.82) is 0 Å². The van der Waals surface area contributed by atoms with Crippen LogP contribution in [-0.2, 0) is 14.8 Å². The van der Waals surface area contributed by atoms with Crippen LogP contribution in [0.3, 0.4) is 0 Å². The zero-order valence-electron chi connectivity index (χ0n) is 13.5. The zero-order chi connectivity index (χ0) is 18.8. The van der Waals surface area contributed by atoms with Crippen LogP contribution in [0.25, 0.3) is 0 Å². The molecular formula is C14H18F3NO5S. The van der Waals surface area contributed by atoms with Gasteiger partial charge in [0.05, 0.1) is 0 Å². The van der Waals surface area contributed by atoms with E-state index in [4.69, 9.17) is 9.47 Å². The van der Waals surface area contributed by atoms with Gasteiger partial charge in [0.2, 0.25) is 6.29 Å². The van der Waals surface area contributed by atoms with Crippen molar-refractivity contribution in [1.82, 2.24) is 4.72 Å². The van der Waals surface area contributed by atoms with E-state index in [0.29, 0.717) is 5.75 Å². The van der Waals surface area contributed by atoms with Gasteiger partial charge < -0.3 is 9.47 Å². The van der Waals surface area contributed by atoms with Gasteiger partial charge in [-0.2, -0.15) is 21.6 Å². The molecule has 0 saturated heterocycles. The molecule has 6 nitrogen and oxygen atoms in total. The molecule has 24 heavy (non-hydrogen) atoms. The summed E-state index contributed by atoms with van der Waals surface area (Å²) >= 11 is 0. The fraction of sp³-hybridized carbons (Fsp3) is 0.500. The summed E-state index contributed by atoms with van der Waals surface area (Å²) in [6.45, 7) is 5.64. The van der Waals surface area contributed by atoms with E-state index in [1.165, 1.54) is 19.2 Å². The van der Waals surface area contributed by atoms with Crippen LogP contribution in [0.1, 0.15) is 31.1 Å². The highest BCUT2D eigenvalue weighted by molar-refractivity contribution is 7.90. The summed E-state index contributed by atoms with van der Waals surface area (Å²) < 4.78 is 70.2. The lowest BCUT2D eigenvalue weighted by molar-refractivity contribution is -0.120. The molecule has 0 aliphatic heterocycles. The van der Waals surface area contributed by atoms with Crippen molar-refractivity contribution in [2.45, 2.75) is 32.6 Å². The molecule has 0 saturated carbocycles. The third-order valence-corrected chi connectivity index (χ3v) is 3.88. The summed E-state index contributed by atoms with van der Waals surface area (Å²) in [5.74, 6) is -1.08. The molecule has 0 spiro atoms. The first kappa shape index (κ1) is 20.2. The average Bonchev–Trinajstić information content (AvgIpc) is 2.42. The second-order valence-corrected chi connectivity index (χ2v) is 7.63. The quantitative estimate of drug-likeness (QED) is 0.807. The average molecular weight is 369 g/mol. The number of rotatable bonds is 5. The Balaban J connectivity index is 2.87. The van der Waals surface area contributed by atoms with E-state index in [9.17, 15) is 26.4 Å². The summed E-state index contributed by atoms with van der Waals surface area (Å²) in [5.41, 5.74) is -6.17. The lowest BCUT2D eigenvalue weighted by Crippen LogP contribution is -2.40. The van der Waals surface area contributed by atoms with Gasteiger partial charge in [-0.05, 0) is 24.3 Å². The predicted octanol–water partition coefficient (Wildman–Crippen LogP) is 2.66. The zero-order valence-corrected chi connectivity index (χ0v) is 14.3. The summed E-state index contributed by atoms with van der Waals surface area (Å²) in [7, 11) is -4.29. The Hall–Kier alpha value is -1.81. The van der Waals surface area contributed by atoms with Gasteiger partial charge in [-0.3, -0.25) is 4.79 Å². The number of alkyl halides is 3. The molecule has 0 radical (unpaired) electrons. The highest BCUT2D eigenvalue weighted by Gasteiger charge is 2.47. The third-order valence-electron chi connectivity index (χ3n) is 2.81. The van der Waals surface area contributed by atoms with Crippen LogP contribution in [0.15, 0.2) is 24.3 Å². The van der Waals surface area contributed by atoms with E-state index in [0.717, 1.165) is 16.9 Å². The van der Waals surface area contributed by atoms with Gasteiger partial charge in [0, 0.05) is 18.1 Å². The molecule has 0 aliphatic rings. The number of nitrogens with one attached hydrogen (secondary N) is 1. The van der Waals surface area contributed by atoms with Gasteiger partial charge in [0.1, 0.15) is 5.75 Å². The molecule has 0 heterocycles. The van der Waals surface area contributed by atoms with Gasteiger partial charge in [-0.15, -0.1) is 0 Å². The van der Waals surface area contributed by atoms with Crippen LogP contribution in [0.5, 0.6) is 5.75 Å². The SMILES string of the molecule is COC(Oc1ccc(C(=O)NS(=O)(=O)C(F)(F)F)cc1)C(C)(C)C. The number of halogens is 3. The summed E-state index contributed by atoms with van der Waals surface area (Å²) in [4.78, 5) is 11.6. The molecule has 1 amide bonds. The molecule has 1 unspecified atom stereocenters. The Morgan fingerprint density at radius 1 is 1.12 bits per heavy atom. The first-order chi connectivity index (χ1) is 10.8. The molecule has 0 bridgehead atoms. The Morgan fingerprint density at radius 3 is 2.00 bits per heavy atom. The Bertz CT molecular complexity index is 678. The van der Waals surface area contributed by atoms with E-state index in [1.807, 2.05) is 20.8 Å². The van der Waals surface area contributed by atoms with E-state index in [2.05, 4.69) is 0 Å². The van der Waals surface area contributed by atoms with Crippen LogP contribution in [-0.4, -0.2) is 33.2 Å². The van der Waals surface area contributed by atoms with Gasteiger partial charge in [0.25, 0.3) is 5.91 Å². The number of hydrogen-bond donors (Lipinski definition) is 1. The summed E-state index contributed by atoms with van der Waals surface area (Å²) in [6, 6.07) is 4.94. The van der Waals surface area contributed by atoms with Gasteiger partial charge in [-0.25, -0.2) is 4.72 Å². The number of amides is 1. The van der Waals surface area contributed by atoms with Crippen molar-refractivity contribution in [2.75, 3.05) is 7.11 Å². The highest BCUT2D eigenvalue weighted by Crippen LogP contribution is 2.26. The summed E-state index contributed by atoms with van der Waals surface area (Å²) in [5, 5.41) is 0. The largest absolute Gasteiger partial charge is 0.516 e. The van der Waals surface area contributed by atoms with Crippen LogP contribution >= 0.6 is 0 Å². The molecule has 136 valence electrons. The van der Waals surface area contributed by atoms with Crippen molar-refractivity contribution in [3.8, 4) is 5.75 Å². The van der Waals surface area contributed by atoms with Crippen LogP contribution in [0.2, 0.25) is 0 Å². The van der Waals surface area contributed by atoms with Gasteiger partial charge in [-0.1, -0.05) is 20.8 Å². The second-order valence-electron chi connectivity index (χ2n) is 5.96. The fourth-order valence-electron chi connectivity index (χ4n) is 1.63. The molecule has 0 aromatic heterocycles. The topological polar surface area (TPSA) is 81.7 Å². The predicted molar refractivity (Wildman–Crippen MR) is 79.8 cm³/mol.